The number of hydrogen-bond acceptors (Lipinski definition) is 5. The van der Waals surface area contributed by atoms with Crippen molar-refractivity contribution in [3.8, 4) is 11.5 Å². The van der Waals surface area contributed by atoms with E-state index in [1.54, 1.807) is 7.11 Å². The zero-order valence-electron chi connectivity index (χ0n) is 16.8. The highest BCUT2D eigenvalue weighted by atomic mass is 32.2. The lowest BCUT2D eigenvalue weighted by atomic mass is 10.1. The predicted molar refractivity (Wildman–Crippen MR) is 110 cm³/mol. The van der Waals surface area contributed by atoms with Crippen molar-refractivity contribution in [2.75, 3.05) is 27.3 Å². The lowest BCUT2D eigenvalue weighted by Crippen LogP contribution is -2.29. The molecule has 1 aliphatic rings. The van der Waals surface area contributed by atoms with Gasteiger partial charge < -0.3 is 14.8 Å². The Kier molecular flexibility index (Phi) is 6.44. The zero-order chi connectivity index (χ0) is 21.0. The van der Waals surface area contributed by atoms with Crippen LogP contribution in [0.25, 0.3) is 0 Å². The SMILES string of the molecule is COc1ccc(C(C)NC(=O)c2cc(S(=O)(=O)N3CCCC3)ccc2OC)cc1. The molecule has 1 fully saturated rings. The van der Waals surface area contributed by atoms with Crippen molar-refractivity contribution >= 4 is 15.9 Å². The average Bonchev–Trinajstić information content (AvgIpc) is 3.29. The fourth-order valence-corrected chi connectivity index (χ4v) is 4.90. The molecule has 0 aliphatic carbocycles. The molecular formula is C21H26N2O5S. The van der Waals surface area contributed by atoms with E-state index in [2.05, 4.69) is 5.32 Å². The second kappa shape index (κ2) is 8.84. The molecule has 29 heavy (non-hydrogen) atoms. The molecule has 1 aliphatic heterocycles. The molecule has 2 aromatic rings. The highest BCUT2D eigenvalue weighted by Crippen LogP contribution is 2.27. The number of carbonyl (C=O) groups is 1. The molecule has 1 amide bonds. The Labute approximate surface area is 171 Å². The molecule has 0 spiro atoms. The molecule has 3 rings (SSSR count). The van der Waals surface area contributed by atoms with Gasteiger partial charge in [0, 0.05) is 13.1 Å². The first-order valence-electron chi connectivity index (χ1n) is 9.50. The number of benzene rings is 2. The quantitative estimate of drug-likeness (QED) is 0.747. The van der Waals surface area contributed by atoms with Crippen LogP contribution in [0.2, 0.25) is 0 Å². The van der Waals surface area contributed by atoms with Crippen LogP contribution in [0.3, 0.4) is 0 Å². The highest BCUT2D eigenvalue weighted by Gasteiger charge is 2.28. The molecule has 2 aromatic carbocycles. The molecule has 1 saturated heterocycles. The molecule has 156 valence electrons. The summed E-state index contributed by atoms with van der Waals surface area (Å²) >= 11 is 0. The van der Waals surface area contributed by atoms with Crippen LogP contribution in [-0.4, -0.2) is 45.9 Å². The van der Waals surface area contributed by atoms with E-state index in [0.29, 0.717) is 18.8 Å². The summed E-state index contributed by atoms with van der Waals surface area (Å²) in [5.74, 6) is 0.655. The van der Waals surface area contributed by atoms with Crippen LogP contribution in [0.1, 0.15) is 41.7 Å². The Morgan fingerprint density at radius 2 is 1.69 bits per heavy atom. The van der Waals surface area contributed by atoms with Crippen LogP contribution < -0.4 is 14.8 Å². The van der Waals surface area contributed by atoms with E-state index in [9.17, 15) is 13.2 Å². The Hall–Kier alpha value is -2.58. The molecule has 8 heteroatoms. The van der Waals surface area contributed by atoms with Gasteiger partial charge >= 0.3 is 0 Å². The number of carbonyl (C=O) groups excluding carboxylic acids is 1. The average molecular weight is 419 g/mol. The fourth-order valence-electron chi connectivity index (χ4n) is 3.35. The topological polar surface area (TPSA) is 84.9 Å². The maximum atomic E-state index is 12.9. The summed E-state index contributed by atoms with van der Waals surface area (Å²) in [7, 11) is -0.579. The third-order valence-electron chi connectivity index (χ3n) is 5.08. The second-order valence-corrected chi connectivity index (χ2v) is 8.88. The lowest BCUT2D eigenvalue weighted by Gasteiger charge is -2.19. The molecule has 1 unspecified atom stereocenters. The molecule has 1 heterocycles. The number of amides is 1. The minimum Gasteiger partial charge on any atom is -0.497 e. The Balaban J connectivity index is 1.84. The van der Waals surface area contributed by atoms with Crippen molar-refractivity contribution in [1.29, 1.82) is 0 Å². The van der Waals surface area contributed by atoms with Crippen molar-refractivity contribution in [3.05, 3.63) is 53.6 Å². The summed E-state index contributed by atoms with van der Waals surface area (Å²) in [5, 5.41) is 2.90. The van der Waals surface area contributed by atoms with Gasteiger partial charge in [-0.15, -0.1) is 0 Å². The molecule has 0 bridgehead atoms. The number of sulfonamides is 1. The van der Waals surface area contributed by atoms with Crippen LogP contribution in [0, 0.1) is 0 Å². The van der Waals surface area contributed by atoms with Gasteiger partial charge in [0.05, 0.1) is 30.7 Å². The summed E-state index contributed by atoms with van der Waals surface area (Å²) in [5.41, 5.74) is 1.09. The van der Waals surface area contributed by atoms with E-state index in [4.69, 9.17) is 9.47 Å². The van der Waals surface area contributed by atoms with Gasteiger partial charge in [-0.3, -0.25) is 4.79 Å². The lowest BCUT2D eigenvalue weighted by molar-refractivity contribution is 0.0936. The van der Waals surface area contributed by atoms with Crippen molar-refractivity contribution < 1.29 is 22.7 Å². The number of methoxy groups -OCH3 is 2. The largest absolute Gasteiger partial charge is 0.497 e. The smallest absolute Gasteiger partial charge is 0.255 e. The summed E-state index contributed by atoms with van der Waals surface area (Å²) in [6, 6.07) is 11.5. The van der Waals surface area contributed by atoms with Gasteiger partial charge in [-0.1, -0.05) is 12.1 Å². The van der Waals surface area contributed by atoms with Gasteiger partial charge in [0.2, 0.25) is 10.0 Å². The van der Waals surface area contributed by atoms with Crippen LogP contribution in [-0.2, 0) is 10.0 Å². The van der Waals surface area contributed by atoms with Crippen molar-refractivity contribution in [2.24, 2.45) is 0 Å². The third-order valence-corrected chi connectivity index (χ3v) is 6.98. The number of nitrogens with one attached hydrogen (secondary N) is 1. The standard InChI is InChI=1S/C21H26N2O5S/c1-15(16-6-8-17(27-2)9-7-16)22-21(24)19-14-18(10-11-20(19)28-3)29(25,26)23-12-4-5-13-23/h6-11,14-15H,4-5,12-13H2,1-3H3,(H,22,24). The van der Waals surface area contributed by atoms with Crippen molar-refractivity contribution in [1.82, 2.24) is 9.62 Å². The van der Waals surface area contributed by atoms with Gasteiger partial charge in [-0.25, -0.2) is 8.42 Å². The fraction of sp³-hybridized carbons (Fsp3) is 0.381. The molecule has 0 radical (unpaired) electrons. The van der Waals surface area contributed by atoms with Gasteiger partial charge in [0.25, 0.3) is 5.91 Å². The minimum absolute atomic E-state index is 0.0995. The molecule has 0 saturated carbocycles. The first-order chi connectivity index (χ1) is 13.9. The maximum Gasteiger partial charge on any atom is 0.255 e. The first kappa shape index (κ1) is 21.1. The normalized spacial score (nSPS) is 15.7. The molecule has 7 nitrogen and oxygen atoms in total. The highest BCUT2D eigenvalue weighted by molar-refractivity contribution is 7.89. The Morgan fingerprint density at radius 1 is 1.03 bits per heavy atom. The first-order valence-corrected chi connectivity index (χ1v) is 10.9. The monoisotopic (exact) mass is 418 g/mol. The summed E-state index contributed by atoms with van der Waals surface area (Å²) in [6.07, 6.45) is 1.70. The molecule has 1 atom stereocenters. The minimum atomic E-state index is -3.62. The van der Waals surface area contributed by atoms with Crippen LogP contribution in [0.15, 0.2) is 47.4 Å². The Bertz CT molecular complexity index is 967. The van der Waals surface area contributed by atoms with E-state index in [1.165, 1.54) is 29.6 Å². The van der Waals surface area contributed by atoms with Crippen molar-refractivity contribution in [2.45, 2.75) is 30.7 Å². The van der Waals surface area contributed by atoms with E-state index in [1.807, 2.05) is 31.2 Å². The number of rotatable bonds is 7. The van der Waals surface area contributed by atoms with E-state index >= 15 is 0 Å². The molecule has 0 aromatic heterocycles. The van der Waals surface area contributed by atoms with E-state index in [-0.39, 0.29) is 16.5 Å². The number of nitrogens with zero attached hydrogens (tertiary/aromatic N) is 1. The van der Waals surface area contributed by atoms with Crippen LogP contribution >= 0.6 is 0 Å². The second-order valence-electron chi connectivity index (χ2n) is 6.94. The molecular weight excluding hydrogens is 392 g/mol. The molecule has 1 N–H and O–H groups in total. The van der Waals surface area contributed by atoms with E-state index in [0.717, 1.165) is 24.2 Å². The van der Waals surface area contributed by atoms with Crippen molar-refractivity contribution in [3.63, 3.8) is 0 Å². The maximum absolute atomic E-state index is 12.9. The Morgan fingerprint density at radius 3 is 2.28 bits per heavy atom. The van der Waals surface area contributed by atoms with Gasteiger partial charge in [-0.05, 0) is 55.7 Å². The van der Waals surface area contributed by atoms with Gasteiger partial charge in [0.1, 0.15) is 11.5 Å². The zero-order valence-corrected chi connectivity index (χ0v) is 17.7. The summed E-state index contributed by atoms with van der Waals surface area (Å²) in [6.45, 7) is 2.87. The summed E-state index contributed by atoms with van der Waals surface area (Å²) < 4.78 is 37.6. The summed E-state index contributed by atoms with van der Waals surface area (Å²) in [4.78, 5) is 13.0. The predicted octanol–water partition coefficient (Wildman–Crippen LogP) is 2.98. The van der Waals surface area contributed by atoms with Gasteiger partial charge in [-0.2, -0.15) is 4.31 Å². The van der Waals surface area contributed by atoms with Crippen LogP contribution in [0.5, 0.6) is 11.5 Å². The van der Waals surface area contributed by atoms with Crippen LogP contribution in [0.4, 0.5) is 0 Å². The third kappa shape index (κ3) is 4.54. The van der Waals surface area contributed by atoms with Gasteiger partial charge in [0.15, 0.2) is 0 Å². The number of ether oxygens (including phenoxy) is 2. The van der Waals surface area contributed by atoms with E-state index < -0.39 is 15.9 Å². The number of hydrogen-bond donors (Lipinski definition) is 1.